The van der Waals surface area contributed by atoms with Gasteiger partial charge in [0, 0.05) is 12.0 Å². The zero-order chi connectivity index (χ0) is 11.1. The molecule has 0 spiro atoms. The Morgan fingerprint density at radius 2 is 1.94 bits per heavy atom. The number of ketones is 2. The van der Waals surface area contributed by atoms with Crippen molar-refractivity contribution in [3.05, 3.63) is 35.4 Å². The van der Waals surface area contributed by atoms with Crippen molar-refractivity contribution >= 4 is 11.6 Å². The van der Waals surface area contributed by atoms with Gasteiger partial charge in [-0.05, 0) is 30.7 Å². The van der Waals surface area contributed by atoms with Crippen molar-refractivity contribution in [2.45, 2.75) is 25.7 Å². The van der Waals surface area contributed by atoms with E-state index >= 15 is 0 Å². The van der Waals surface area contributed by atoms with E-state index in [-0.39, 0.29) is 23.4 Å². The third-order valence-corrected chi connectivity index (χ3v) is 3.86. The van der Waals surface area contributed by atoms with Crippen LogP contribution in [0, 0.1) is 11.8 Å². The van der Waals surface area contributed by atoms with E-state index < -0.39 is 0 Å². The Balaban J connectivity index is 2.07. The molecule has 2 aliphatic carbocycles. The van der Waals surface area contributed by atoms with Crippen LogP contribution in [-0.4, -0.2) is 11.6 Å². The second-order valence-corrected chi connectivity index (χ2v) is 4.82. The lowest BCUT2D eigenvalue weighted by Crippen LogP contribution is -2.39. The summed E-state index contributed by atoms with van der Waals surface area (Å²) in [4.78, 5) is 24.1. The first-order valence-electron chi connectivity index (χ1n) is 5.92. The van der Waals surface area contributed by atoms with Gasteiger partial charge in [0.15, 0.2) is 5.78 Å². The van der Waals surface area contributed by atoms with Crippen molar-refractivity contribution in [1.82, 2.24) is 0 Å². The highest BCUT2D eigenvalue weighted by Crippen LogP contribution is 2.37. The van der Waals surface area contributed by atoms with Crippen LogP contribution in [0.2, 0.25) is 0 Å². The summed E-state index contributed by atoms with van der Waals surface area (Å²) in [6.45, 7) is 0. The average Bonchev–Trinajstić information content (AvgIpc) is 2.29. The van der Waals surface area contributed by atoms with Crippen molar-refractivity contribution in [2.24, 2.45) is 11.8 Å². The maximum atomic E-state index is 12.2. The van der Waals surface area contributed by atoms with Crippen molar-refractivity contribution in [1.29, 1.82) is 0 Å². The highest BCUT2D eigenvalue weighted by molar-refractivity contribution is 6.12. The monoisotopic (exact) mass is 214 g/mol. The molecule has 1 fully saturated rings. The van der Waals surface area contributed by atoms with Crippen molar-refractivity contribution in [3.8, 4) is 0 Å². The van der Waals surface area contributed by atoms with Crippen LogP contribution in [-0.2, 0) is 11.2 Å². The number of hydrogen-bond acceptors (Lipinski definition) is 2. The van der Waals surface area contributed by atoms with Crippen LogP contribution >= 0.6 is 0 Å². The Hall–Kier alpha value is -1.44. The first kappa shape index (κ1) is 9.76. The summed E-state index contributed by atoms with van der Waals surface area (Å²) in [5.74, 6) is 0.166. The molecule has 82 valence electrons. The standard InChI is InChI=1S/C14H14O2/c15-12-7-3-5-10-8-9-4-1-2-6-11(9)14(16)13(10)12/h1-2,4,6,10,13H,3,5,7-8H2. The Kier molecular flexibility index (Phi) is 2.16. The molecule has 0 bridgehead atoms. The van der Waals surface area contributed by atoms with Crippen LogP contribution in [0.1, 0.15) is 35.2 Å². The van der Waals surface area contributed by atoms with Crippen molar-refractivity contribution in [2.75, 3.05) is 0 Å². The predicted octanol–water partition coefficient (Wildman–Crippen LogP) is 2.41. The first-order valence-corrected chi connectivity index (χ1v) is 5.92. The summed E-state index contributed by atoms with van der Waals surface area (Å²) in [6, 6.07) is 7.72. The van der Waals surface area contributed by atoms with E-state index in [1.165, 1.54) is 0 Å². The molecule has 1 aromatic rings. The lowest BCUT2D eigenvalue weighted by atomic mass is 9.67. The third-order valence-electron chi connectivity index (χ3n) is 3.86. The number of hydrogen-bond donors (Lipinski definition) is 0. The zero-order valence-electron chi connectivity index (χ0n) is 9.11. The first-order chi connectivity index (χ1) is 7.77. The maximum absolute atomic E-state index is 12.2. The molecule has 1 aromatic carbocycles. The second kappa shape index (κ2) is 3.55. The summed E-state index contributed by atoms with van der Waals surface area (Å²) in [5.41, 5.74) is 1.91. The van der Waals surface area contributed by atoms with Gasteiger partial charge in [-0.2, -0.15) is 0 Å². The van der Waals surface area contributed by atoms with E-state index in [2.05, 4.69) is 0 Å². The zero-order valence-corrected chi connectivity index (χ0v) is 9.11. The Labute approximate surface area is 94.7 Å². The van der Waals surface area contributed by atoms with Gasteiger partial charge in [0.1, 0.15) is 5.78 Å². The van der Waals surface area contributed by atoms with Crippen molar-refractivity contribution < 1.29 is 9.59 Å². The predicted molar refractivity (Wildman–Crippen MR) is 60.3 cm³/mol. The normalized spacial score (nSPS) is 28.5. The topological polar surface area (TPSA) is 34.1 Å². The number of rotatable bonds is 0. The fraction of sp³-hybridized carbons (Fsp3) is 0.429. The van der Waals surface area contributed by atoms with Gasteiger partial charge < -0.3 is 0 Å². The van der Waals surface area contributed by atoms with Gasteiger partial charge in [0.25, 0.3) is 0 Å². The fourth-order valence-corrected chi connectivity index (χ4v) is 3.09. The molecule has 0 N–H and O–H groups in total. The van der Waals surface area contributed by atoms with Gasteiger partial charge in [0.2, 0.25) is 0 Å². The molecular formula is C14H14O2. The molecule has 0 amide bonds. The summed E-state index contributed by atoms with van der Waals surface area (Å²) >= 11 is 0. The largest absolute Gasteiger partial charge is 0.299 e. The van der Waals surface area contributed by atoms with Crippen LogP contribution < -0.4 is 0 Å². The molecule has 2 aliphatic rings. The Morgan fingerprint density at radius 3 is 2.81 bits per heavy atom. The van der Waals surface area contributed by atoms with Gasteiger partial charge in [-0.1, -0.05) is 24.3 Å². The molecule has 0 heterocycles. The highest BCUT2D eigenvalue weighted by atomic mass is 16.2. The van der Waals surface area contributed by atoms with E-state index in [1.54, 1.807) is 0 Å². The Morgan fingerprint density at radius 1 is 1.12 bits per heavy atom. The van der Waals surface area contributed by atoms with E-state index in [0.717, 1.165) is 30.4 Å². The van der Waals surface area contributed by atoms with Crippen LogP contribution in [0.25, 0.3) is 0 Å². The van der Waals surface area contributed by atoms with E-state index in [1.807, 2.05) is 24.3 Å². The number of benzene rings is 1. The van der Waals surface area contributed by atoms with E-state index in [0.29, 0.717) is 6.42 Å². The molecule has 2 nitrogen and oxygen atoms in total. The molecule has 1 saturated carbocycles. The minimum atomic E-state index is -0.330. The van der Waals surface area contributed by atoms with Crippen LogP contribution in [0.5, 0.6) is 0 Å². The van der Waals surface area contributed by atoms with Crippen LogP contribution in [0.3, 0.4) is 0 Å². The fourth-order valence-electron chi connectivity index (χ4n) is 3.09. The highest BCUT2D eigenvalue weighted by Gasteiger charge is 2.41. The lowest BCUT2D eigenvalue weighted by molar-refractivity contribution is -0.124. The van der Waals surface area contributed by atoms with E-state index in [9.17, 15) is 9.59 Å². The SMILES string of the molecule is O=C1CCCC2Cc3ccccc3C(=O)C12. The quantitative estimate of drug-likeness (QED) is 0.621. The summed E-state index contributed by atoms with van der Waals surface area (Å²) < 4.78 is 0. The number of carbonyl (C=O) groups excluding carboxylic acids is 2. The molecule has 0 aliphatic heterocycles. The lowest BCUT2D eigenvalue weighted by Gasteiger charge is -2.34. The minimum Gasteiger partial charge on any atom is -0.299 e. The second-order valence-electron chi connectivity index (χ2n) is 4.82. The third kappa shape index (κ3) is 1.33. The average molecular weight is 214 g/mol. The van der Waals surface area contributed by atoms with Gasteiger partial charge >= 0.3 is 0 Å². The van der Waals surface area contributed by atoms with Gasteiger partial charge in [-0.15, -0.1) is 0 Å². The Bertz CT molecular complexity index is 462. The minimum absolute atomic E-state index is 0.0663. The molecule has 2 heteroatoms. The molecule has 3 rings (SSSR count). The molecule has 2 unspecified atom stereocenters. The smallest absolute Gasteiger partial charge is 0.173 e. The van der Waals surface area contributed by atoms with Gasteiger partial charge in [0.05, 0.1) is 5.92 Å². The molecule has 16 heavy (non-hydrogen) atoms. The van der Waals surface area contributed by atoms with Crippen LogP contribution in [0.4, 0.5) is 0 Å². The summed E-state index contributed by atoms with van der Waals surface area (Å²) in [6.07, 6.45) is 3.47. The molecule has 0 aromatic heterocycles. The number of fused-ring (bicyclic) bond motifs is 2. The van der Waals surface area contributed by atoms with Gasteiger partial charge in [-0.3, -0.25) is 9.59 Å². The van der Waals surface area contributed by atoms with Crippen LogP contribution in [0.15, 0.2) is 24.3 Å². The molecule has 2 atom stereocenters. The van der Waals surface area contributed by atoms with E-state index in [4.69, 9.17) is 0 Å². The van der Waals surface area contributed by atoms with Gasteiger partial charge in [-0.25, -0.2) is 0 Å². The summed E-state index contributed by atoms with van der Waals surface area (Å²) in [5, 5.41) is 0. The number of carbonyl (C=O) groups is 2. The molecule has 0 radical (unpaired) electrons. The summed E-state index contributed by atoms with van der Waals surface area (Å²) in [7, 11) is 0. The van der Waals surface area contributed by atoms with Crippen molar-refractivity contribution in [3.63, 3.8) is 0 Å². The number of Topliss-reactive ketones (excluding diaryl/α,β-unsaturated/α-hetero) is 2. The maximum Gasteiger partial charge on any atom is 0.173 e. The molecular weight excluding hydrogens is 200 g/mol. The molecule has 0 saturated heterocycles.